The molecule has 1 spiro atoms. The molecule has 0 aliphatic carbocycles. The minimum absolute atomic E-state index is 0.339. The number of piperidine rings is 1. The van der Waals surface area contributed by atoms with Gasteiger partial charge in [-0.3, -0.25) is 19.8 Å². The van der Waals surface area contributed by atoms with Crippen molar-refractivity contribution in [1.82, 2.24) is 19.8 Å². The van der Waals surface area contributed by atoms with E-state index in [0.29, 0.717) is 5.54 Å². The fourth-order valence-electron chi connectivity index (χ4n) is 4.57. The predicted molar refractivity (Wildman–Crippen MR) is 100 cm³/mol. The second kappa shape index (κ2) is 7.22. The van der Waals surface area contributed by atoms with Crippen LogP contribution in [-0.4, -0.2) is 44.9 Å². The Bertz CT molecular complexity index is 702. The van der Waals surface area contributed by atoms with E-state index in [9.17, 15) is 0 Å². The molecule has 0 N–H and O–H groups in total. The molecule has 0 amide bonds. The Morgan fingerprint density at radius 1 is 1.04 bits per heavy atom. The van der Waals surface area contributed by atoms with Crippen molar-refractivity contribution in [2.24, 2.45) is 0 Å². The third-order valence-electron chi connectivity index (χ3n) is 5.83. The summed E-state index contributed by atoms with van der Waals surface area (Å²) in [5.74, 6) is 0. The molecule has 4 heterocycles. The number of aromatic nitrogens is 2. The summed E-state index contributed by atoms with van der Waals surface area (Å²) in [6, 6.07) is 10.6. The van der Waals surface area contributed by atoms with Gasteiger partial charge in [-0.15, -0.1) is 0 Å². The topological polar surface area (TPSA) is 32.3 Å². The van der Waals surface area contributed by atoms with Crippen LogP contribution in [0.2, 0.25) is 0 Å². The van der Waals surface area contributed by atoms with Gasteiger partial charge in [0, 0.05) is 49.8 Å². The summed E-state index contributed by atoms with van der Waals surface area (Å²) < 4.78 is 0. The highest BCUT2D eigenvalue weighted by molar-refractivity contribution is 5.13. The van der Waals surface area contributed by atoms with Crippen LogP contribution >= 0.6 is 0 Å². The van der Waals surface area contributed by atoms with Crippen molar-refractivity contribution >= 4 is 0 Å². The van der Waals surface area contributed by atoms with Gasteiger partial charge in [0.15, 0.2) is 0 Å². The SMILES string of the molecule is Cc1cccc(CN2CCCC[C@@]23CCN(Cc2cccnc2)C3)n1. The Balaban J connectivity index is 1.47. The van der Waals surface area contributed by atoms with E-state index < -0.39 is 0 Å². The first-order valence-electron chi connectivity index (χ1n) is 9.52. The highest BCUT2D eigenvalue weighted by Crippen LogP contribution is 2.37. The number of pyridine rings is 2. The molecule has 2 aliphatic heterocycles. The second-order valence-electron chi connectivity index (χ2n) is 7.70. The van der Waals surface area contributed by atoms with Gasteiger partial charge in [0.25, 0.3) is 0 Å². The number of aryl methyl sites for hydroxylation is 1. The van der Waals surface area contributed by atoms with Gasteiger partial charge in [-0.05, 0) is 56.5 Å². The van der Waals surface area contributed by atoms with Gasteiger partial charge in [0.2, 0.25) is 0 Å². The molecule has 0 bridgehead atoms. The van der Waals surface area contributed by atoms with Gasteiger partial charge >= 0.3 is 0 Å². The first kappa shape index (κ1) is 16.7. The zero-order valence-corrected chi connectivity index (χ0v) is 15.2. The lowest BCUT2D eigenvalue weighted by Gasteiger charge is -2.45. The smallest absolute Gasteiger partial charge is 0.0547 e. The number of nitrogens with zero attached hydrogens (tertiary/aromatic N) is 4. The Kier molecular flexibility index (Phi) is 4.82. The Labute approximate surface area is 150 Å². The van der Waals surface area contributed by atoms with E-state index in [-0.39, 0.29) is 0 Å². The van der Waals surface area contributed by atoms with Crippen molar-refractivity contribution < 1.29 is 0 Å². The normalized spacial score (nSPS) is 24.8. The van der Waals surface area contributed by atoms with Crippen molar-refractivity contribution in [3.05, 3.63) is 59.7 Å². The summed E-state index contributed by atoms with van der Waals surface area (Å²) in [4.78, 5) is 14.3. The van der Waals surface area contributed by atoms with Crippen LogP contribution in [0.1, 0.15) is 42.6 Å². The van der Waals surface area contributed by atoms with Crippen LogP contribution in [0.5, 0.6) is 0 Å². The van der Waals surface area contributed by atoms with Crippen molar-refractivity contribution in [2.75, 3.05) is 19.6 Å². The molecule has 0 aromatic carbocycles. The standard InChI is InChI=1S/C21H28N4/c1-18-6-4-8-20(23-18)16-25-12-3-2-9-21(25)10-13-24(17-21)15-19-7-5-11-22-14-19/h4-8,11,14H,2-3,9-10,12-13,15-17H2,1H3/t21-/m0/s1. The fourth-order valence-corrected chi connectivity index (χ4v) is 4.57. The maximum absolute atomic E-state index is 4.75. The molecule has 4 nitrogen and oxygen atoms in total. The summed E-state index contributed by atoms with van der Waals surface area (Å²) >= 11 is 0. The van der Waals surface area contributed by atoms with Crippen LogP contribution in [0.25, 0.3) is 0 Å². The van der Waals surface area contributed by atoms with Gasteiger partial charge in [-0.1, -0.05) is 18.6 Å². The number of hydrogen-bond acceptors (Lipinski definition) is 4. The molecule has 4 heteroatoms. The van der Waals surface area contributed by atoms with Crippen molar-refractivity contribution in [2.45, 2.75) is 51.2 Å². The van der Waals surface area contributed by atoms with Crippen LogP contribution in [0.4, 0.5) is 0 Å². The first-order chi connectivity index (χ1) is 12.2. The molecule has 2 aliphatic rings. The summed E-state index contributed by atoms with van der Waals surface area (Å²) in [6.45, 7) is 7.66. The van der Waals surface area contributed by atoms with Gasteiger partial charge in [-0.2, -0.15) is 0 Å². The van der Waals surface area contributed by atoms with Gasteiger partial charge in [-0.25, -0.2) is 0 Å². The summed E-state index contributed by atoms with van der Waals surface area (Å²) in [7, 11) is 0. The molecule has 4 rings (SSSR count). The van der Waals surface area contributed by atoms with E-state index in [1.54, 1.807) is 0 Å². The molecule has 25 heavy (non-hydrogen) atoms. The van der Waals surface area contributed by atoms with Gasteiger partial charge in [0.05, 0.1) is 5.69 Å². The molecule has 0 saturated carbocycles. The van der Waals surface area contributed by atoms with E-state index in [1.165, 1.54) is 56.6 Å². The average Bonchev–Trinajstić information content (AvgIpc) is 3.01. The lowest BCUT2D eigenvalue weighted by molar-refractivity contribution is 0.0434. The molecule has 2 aromatic heterocycles. The van der Waals surface area contributed by atoms with Crippen molar-refractivity contribution in [3.63, 3.8) is 0 Å². The summed E-state index contributed by atoms with van der Waals surface area (Å²) in [5.41, 5.74) is 3.99. The van der Waals surface area contributed by atoms with Crippen molar-refractivity contribution in [1.29, 1.82) is 0 Å². The highest BCUT2D eigenvalue weighted by atomic mass is 15.3. The van der Waals surface area contributed by atoms with E-state index in [4.69, 9.17) is 4.98 Å². The maximum atomic E-state index is 4.75. The van der Waals surface area contributed by atoms with Gasteiger partial charge < -0.3 is 0 Å². The molecular weight excluding hydrogens is 308 g/mol. The molecule has 0 unspecified atom stereocenters. The highest BCUT2D eigenvalue weighted by Gasteiger charge is 2.44. The minimum Gasteiger partial charge on any atom is -0.297 e. The summed E-state index contributed by atoms with van der Waals surface area (Å²) in [5, 5.41) is 0. The summed E-state index contributed by atoms with van der Waals surface area (Å²) in [6.07, 6.45) is 9.13. The maximum Gasteiger partial charge on any atom is 0.0547 e. The third-order valence-corrected chi connectivity index (χ3v) is 5.83. The van der Waals surface area contributed by atoms with Crippen molar-refractivity contribution in [3.8, 4) is 0 Å². The number of hydrogen-bond donors (Lipinski definition) is 0. The zero-order valence-electron chi connectivity index (χ0n) is 15.2. The lowest BCUT2D eigenvalue weighted by Crippen LogP contribution is -2.53. The third kappa shape index (κ3) is 3.75. The molecule has 2 fully saturated rings. The molecule has 1 atom stereocenters. The quantitative estimate of drug-likeness (QED) is 0.856. The largest absolute Gasteiger partial charge is 0.297 e. The Morgan fingerprint density at radius 2 is 2.00 bits per heavy atom. The van der Waals surface area contributed by atoms with E-state index in [1.807, 2.05) is 18.5 Å². The molecular formula is C21H28N4. The lowest BCUT2D eigenvalue weighted by atomic mass is 9.85. The predicted octanol–water partition coefficient (Wildman–Crippen LogP) is 3.42. The molecule has 0 radical (unpaired) electrons. The monoisotopic (exact) mass is 336 g/mol. The molecule has 2 aromatic rings. The van der Waals surface area contributed by atoms with Crippen LogP contribution in [0.15, 0.2) is 42.7 Å². The number of likely N-dealkylation sites (tertiary alicyclic amines) is 2. The Morgan fingerprint density at radius 3 is 2.84 bits per heavy atom. The van der Waals surface area contributed by atoms with E-state index in [2.05, 4.69) is 46.0 Å². The average molecular weight is 336 g/mol. The second-order valence-corrected chi connectivity index (χ2v) is 7.70. The van der Waals surface area contributed by atoms with E-state index in [0.717, 1.165) is 18.8 Å². The molecule has 132 valence electrons. The minimum atomic E-state index is 0.339. The van der Waals surface area contributed by atoms with Crippen LogP contribution in [-0.2, 0) is 13.1 Å². The zero-order chi connectivity index (χ0) is 17.1. The van der Waals surface area contributed by atoms with Gasteiger partial charge in [0.1, 0.15) is 0 Å². The first-order valence-corrected chi connectivity index (χ1v) is 9.52. The van der Waals surface area contributed by atoms with E-state index >= 15 is 0 Å². The number of rotatable bonds is 4. The fraction of sp³-hybridized carbons (Fsp3) is 0.524. The van der Waals surface area contributed by atoms with Crippen LogP contribution < -0.4 is 0 Å². The van der Waals surface area contributed by atoms with Crippen LogP contribution in [0, 0.1) is 6.92 Å². The Hall–Kier alpha value is -1.78. The van der Waals surface area contributed by atoms with Crippen LogP contribution in [0.3, 0.4) is 0 Å². The molecule has 2 saturated heterocycles.